The summed E-state index contributed by atoms with van der Waals surface area (Å²) in [5.74, 6) is 0.0775. The van der Waals surface area contributed by atoms with E-state index in [0.717, 1.165) is 0 Å². The number of rotatable bonds is 3. The van der Waals surface area contributed by atoms with Gasteiger partial charge in [-0.2, -0.15) is 0 Å². The summed E-state index contributed by atoms with van der Waals surface area (Å²) in [5.41, 5.74) is 0. The number of hydrogen-bond donors (Lipinski definition) is 0. The largest absolute Gasteiger partial charge is 1.00 e. The van der Waals surface area contributed by atoms with E-state index >= 15 is 0 Å². The van der Waals surface area contributed by atoms with Crippen molar-refractivity contribution in [1.29, 1.82) is 0 Å². The van der Waals surface area contributed by atoms with E-state index in [-0.39, 0.29) is 101 Å². The Kier molecular flexibility index (Phi) is 24.6. The summed E-state index contributed by atoms with van der Waals surface area (Å²) in [6.07, 6.45) is 0. The topological polar surface area (TPSA) is 78.4 Å². The molecule has 12 heavy (non-hydrogen) atoms. The van der Waals surface area contributed by atoms with Crippen LogP contribution in [0.1, 0.15) is 13.8 Å². The van der Waals surface area contributed by atoms with Crippen LogP contribution in [0, 0.1) is 5.92 Å². The molecule has 0 N–H and O–H groups in total. The van der Waals surface area contributed by atoms with Crippen LogP contribution in [0.25, 0.3) is 0 Å². The quantitative estimate of drug-likeness (QED) is 0.441. The van der Waals surface area contributed by atoms with E-state index in [4.69, 9.17) is 0 Å². The molecule has 0 amide bonds. The summed E-state index contributed by atoms with van der Waals surface area (Å²) in [6, 6.07) is 0. The van der Waals surface area contributed by atoms with E-state index < -0.39 is 9.05 Å². The maximum Gasteiger partial charge on any atom is 1.00 e. The zero-order valence-corrected chi connectivity index (χ0v) is 15.4. The van der Waals surface area contributed by atoms with Gasteiger partial charge >= 0.3 is 88.7 Å². The van der Waals surface area contributed by atoms with Crippen molar-refractivity contribution in [2.45, 2.75) is 13.8 Å². The average Bonchev–Trinajstić information content (AvgIpc) is 1.59. The van der Waals surface area contributed by atoms with Gasteiger partial charge in [-0.15, -0.1) is 9.05 Å². The molecule has 0 saturated heterocycles. The van der Waals surface area contributed by atoms with Gasteiger partial charge in [-0.05, 0) is 5.92 Å². The van der Waals surface area contributed by atoms with Gasteiger partial charge in [-0.1, -0.05) is 13.8 Å². The Labute approximate surface area is 140 Å². The Balaban J connectivity index is -0.000000107. The predicted molar refractivity (Wildman–Crippen MR) is 26.5 cm³/mol. The van der Waals surface area contributed by atoms with Crippen molar-refractivity contribution in [3.8, 4) is 0 Å². The Hall–Kier alpha value is 3.06. The second-order valence-electron chi connectivity index (χ2n) is 2.20. The fourth-order valence-corrected chi connectivity index (χ4v) is 0.806. The second-order valence-corrected chi connectivity index (χ2v) is 3.49. The smallest absolute Gasteiger partial charge is 0.861 e. The molecule has 4 nitrogen and oxygen atoms in total. The fraction of sp³-hybridized carbons (Fsp3) is 1.00. The molecule has 0 unspecified atom stereocenters. The molecule has 0 saturated carbocycles. The second kappa shape index (κ2) is 12.1. The maximum absolute atomic E-state index is 9.81. The van der Waals surface area contributed by atoms with Crippen molar-refractivity contribution in [3.63, 3.8) is 0 Å². The van der Waals surface area contributed by atoms with Gasteiger partial charge in [0.05, 0.1) is 0 Å². The first kappa shape index (κ1) is 24.3. The van der Waals surface area contributed by atoms with E-state index in [0.29, 0.717) is 0 Å². The molecule has 0 atom stereocenters. The first-order valence-corrected chi connectivity index (χ1v) is 4.30. The van der Waals surface area contributed by atoms with Gasteiger partial charge in [0.1, 0.15) is 0 Å². The third-order valence-electron chi connectivity index (χ3n) is 0.593. The Morgan fingerprint density at radius 3 is 1.50 bits per heavy atom. The minimum atomic E-state index is -4.97. The van der Waals surface area contributed by atoms with Crippen LogP contribution in [-0.4, -0.2) is 15.7 Å². The standard InChI is InChI=1S/C4H9O4Si.3Na/c1-4(2)3-8-9(5,6)7;;;/h4H,3H2,1-2H3;;;/q-3;3*+1. The molecule has 0 aliphatic carbocycles. The molecular weight excluding hydrogens is 209 g/mol. The molecule has 0 aromatic rings. The third-order valence-corrected chi connectivity index (χ3v) is 1.11. The van der Waals surface area contributed by atoms with Gasteiger partial charge in [0.15, 0.2) is 0 Å². The van der Waals surface area contributed by atoms with Gasteiger partial charge in [0.2, 0.25) is 0 Å². The molecule has 0 aromatic heterocycles. The number of hydrogen-bond acceptors (Lipinski definition) is 4. The van der Waals surface area contributed by atoms with E-state index in [1.54, 1.807) is 13.8 Å². The van der Waals surface area contributed by atoms with Gasteiger partial charge in [0.25, 0.3) is 0 Å². The Bertz CT molecular complexity index is 86.9. The van der Waals surface area contributed by atoms with Gasteiger partial charge in [0, 0.05) is 6.61 Å². The first-order chi connectivity index (χ1) is 3.92. The molecule has 0 radical (unpaired) electrons. The zero-order valence-electron chi connectivity index (χ0n) is 8.42. The van der Waals surface area contributed by atoms with Crippen LogP contribution < -0.4 is 103 Å². The van der Waals surface area contributed by atoms with Gasteiger partial charge < -0.3 is 18.8 Å². The molecular formula is C4H9Na3O4Si. The van der Waals surface area contributed by atoms with Crippen LogP contribution in [0.5, 0.6) is 0 Å². The average molecular weight is 218 g/mol. The normalized spacial score (nSPS) is 9.50. The molecule has 0 aliphatic rings. The molecule has 8 heteroatoms. The van der Waals surface area contributed by atoms with Crippen molar-refractivity contribution >= 4 is 9.05 Å². The summed E-state index contributed by atoms with van der Waals surface area (Å²) in [7, 11) is -4.97. The summed E-state index contributed by atoms with van der Waals surface area (Å²) >= 11 is 0. The molecule has 0 fully saturated rings. The van der Waals surface area contributed by atoms with Crippen molar-refractivity contribution in [1.82, 2.24) is 0 Å². The molecule has 56 valence electrons. The molecule has 0 spiro atoms. The van der Waals surface area contributed by atoms with Crippen molar-refractivity contribution in [2.75, 3.05) is 6.61 Å². The van der Waals surface area contributed by atoms with Crippen LogP contribution in [0.2, 0.25) is 0 Å². The molecule has 0 bridgehead atoms. The summed E-state index contributed by atoms with van der Waals surface area (Å²) < 4.78 is 3.96. The van der Waals surface area contributed by atoms with Crippen LogP contribution >= 0.6 is 0 Å². The van der Waals surface area contributed by atoms with Crippen LogP contribution in [0.15, 0.2) is 0 Å². The molecule has 0 aliphatic heterocycles. The summed E-state index contributed by atoms with van der Waals surface area (Å²) in [4.78, 5) is 29.4. The maximum atomic E-state index is 9.81. The summed E-state index contributed by atoms with van der Waals surface area (Å²) in [5, 5.41) is 0. The van der Waals surface area contributed by atoms with E-state index in [1.165, 1.54) is 0 Å². The molecule has 0 heterocycles. The van der Waals surface area contributed by atoms with Crippen molar-refractivity contribution in [2.24, 2.45) is 5.92 Å². The van der Waals surface area contributed by atoms with Crippen LogP contribution in [0.4, 0.5) is 0 Å². The first-order valence-electron chi connectivity index (χ1n) is 2.67. The SMILES string of the molecule is CC(C)CO[Si]([O-])([O-])[O-].[Na+].[Na+].[Na+]. The van der Waals surface area contributed by atoms with Crippen LogP contribution in [0.3, 0.4) is 0 Å². The molecule has 0 rings (SSSR count). The third kappa shape index (κ3) is 23.1. The Morgan fingerprint density at radius 1 is 1.08 bits per heavy atom. The Morgan fingerprint density at radius 2 is 1.42 bits per heavy atom. The fourth-order valence-electron chi connectivity index (χ4n) is 0.269. The minimum Gasteiger partial charge on any atom is -0.861 e. The zero-order chi connectivity index (χ0) is 7.49. The van der Waals surface area contributed by atoms with Gasteiger partial charge in [-0.3, -0.25) is 0 Å². The minimum absolute atomic E-state index is 0. The van der Waals surface area contributed by atoms with Crippen molar-refractivity contribution < 1.29 is 107 Å². The van der Waals surface area contributed by atoms with Crippen LogP contribution in [-0.2, 0) is 4.43 Å². The van der Waals surface area contributed by atoms with Gasteiger partial charge in [-0.25, -0.2) is 0 Å². The molecule has 0 aromatic carbocycles. The van der Waals surface area contributed by atoms with E-state index in [1.807, 2.05) is 0 Å². The van der Waals surface area contributed by atoms with E-state index in [9.17, 15) is 14.4 Å². The van der Waals surface area contributed by atoms with E-state index in [2.05, 4.69) is 4.43 Å². The van der Waals surface area contributed by atoms with Crippen molar-refractivity contribution in [3.05, 3.63) is 0 Å². The monoisotopic (exact) mass is 218 g/mol. The summed E-state index contributed by atoms with van der Waals surface area (Å²) in [6.45, 7) is 3.52. The predicted octanol–water partition coefficient (Wildman–Crippen LogP) is -11.8.